The Labute approximate surface area is 192 Å². The second-order valence-corrected chi connectivity index (χ2v) is 8.37. The molecule has 8 nitrogen and oxygen atoms in total. The number of nitrogens with one attached hydrogen (secondary N) is 2. The Hall–Kier alpha value is -3.36. The van der Waals surface area contributed by atoms with Gasteiger partial charge >= 0.3 is 0 Å². The average molecular weight is 449 g/mol. The number of fused-ring (bicyclic) bond motifs is 2. The molecule has 2 N–H and O–H groups in total. The van der Waals surface area contributed by atoms with Crippen LogP contribution < -0.4 is 20.8 Å². The van der Waals surface area contributed by atoms with Gasteiger partial charge in [0.2, 0.25) is 5.43 Å². The highest BCUT2D eigenvalue weighted by Gasteiger charge is 2.26. The van der Waals surface area contributed by atoms with Crippen molar-refractivity contribution in [2.45, 2.75) is 12.8 Å². The molecule has 3 heterocycles. The summed E-state index contributed by atoms with van der Waals surface area (Å²) >= 11 is 0. The Morgan fingerprint density at radius 1 is 1.12 bits per heavy atom. The van der Waals surface area contributed by atoms with Crippen molar-refractivity contribution in [2.75, 3.05) is 51.8 Å². The molecule has 0 radical (unpaired) electrons. The predicted molar refractivity (Wildman–Crippen MR) is 128 cm³/mol. The Morgan fingerprint density at radius 3 is 2.76 bits per heavy atom. The number of carbonyl (C=O) groups excluding carboxylic acids is 1. The fourth-order valence-electron chi connectivity index (χ4n) is 4.55. The third-order valence-corrected chi connectivity index (χ3v) is 6.24. The number of hydrogen-bond acceptors (Lipinski definition) is 6. The van der Waals surface area contributed by atoms with E-state index in [-0.39, 0.29) is 16.9 Å². The number of methoxy groups -OCH3 is 1. The van der Waals surface area contributed by atoms with E-state index in [4.69, 9.17) is 9.47 Å². The van der Waals surface area contributed by atoms with Gasteiger partial charge in [-0.1, -0.05) is 12.1 Å². The fourth-order valence-corrected chi connectivity index (χ4v) is 4.55. The van der Waals surface area contributed by atoms with Gasteiger partial charge in [-0.05, 0) is 50.2 Å². The lowest BCUT2D eigenvalue weighted by Crippen LogP contribution is -2.36. The number of hydrogen-bond donors (Lipinski definition) is 2. The van der Waals surface area contributed by atoms with Gasteiger partial charge in [0.15, 0.2) is 11.5 Å². The quantitative estimate of drug-likeness (QED) is 0.403. The molecule has 2 aromatic carbocycles. The first-order chi connectivity index (χ1) is 16.2. The van der Waals surface area contributed by atoms with Crippen LogP contribution in [0.5, 0.6) is 11.5 Å². The molecule has 8 heteroatoms. The number of anilines is 1. The highest BCUT2D eigenvalue weighted by Crippen LogP contribution is 2.43. The highest BCUT2D eigenvalue weighted by atomic mass is 16.5. The van der Waals surface area contributed by atoms with Crippen LogP contribution in [0.1, 0.15) is 23.2 Å². The third-order valence-electron chi connectivity index (χ3n) is 6.24. The van der Waals surface area contributed by atoms with E-state index in [1.807, 2.05) is 34.9 Å². The molecule has 0 saturated carbocycles. The summed E-state index contributed by atoms with van der Waals surface area (Å²) in [6, 6.07) is 11.2. The normalized spacial score (nSPS) is 14.7. The summed E-state index contributed by atoms with van der Waals surface area (Å²) in [5.41, 5.74) is 2.04. The molecule has 1 amide bonds. The Bertz CT molecular complexity index is 1250. The molecule has 1 saturated heterocycles. The molecule has 33 heavy (non-hydrogen) atoms. The van der Waals surface area contributed by atoms with Crippen molar-refractivity contribution in [3.05, 3.63) is 58.4 Å². The van der Waals surface area contributed by atoms with Crippen molar-refractivity contribution >= 4 is 22.5 Å². The van der Waals surface area contributed by atoms with Crippen LogP contribution >= 0.6 is 0 Å². The summed E-state index contributed by atoms with van der Waals surface area (Å²) in [5.74, 6) is 0.884. The van der Waals surface area contributed by atoms with E-state index < -0.39 is 0 Å². The number of carbonyl (C=O) groups is 1. The predicted octanol–water partition coefficient (Wildman–Crippen LogP) is 2.98. The second-order valence-electron chi connectivity index (χ2n) is 8.37. The molecule has 2 aliphatic rings. The van der Waals surface area contributed by atoms with E-state index in [1.54, 1.807) is 19.4 Å². The molecule has 0 spiro atoms. The summed E-state index contributed by atoms with van der Waals surface area (Å²) in [6.45, 7) is 4.59. The minimum absolute atomic E-state index is 0.131. The lowest BCUT2D eigenvalue weighted by molar-refractivity contribution is 0.0948. The van der Waals surface area contributed by atoms with Gasteiger partial charge < -0.3 is 29.6 Å². The van der Waals surface area contributed by atoms with Crippen molar-refractivity contribution in [2.24, 2.45) is 0 Å². The monoisotopic (exact) mass is 448 g/mol. The van der Waals surface area contributed by atoms with Crippen LogP contribution in [0.3, 0.4) is 0 Å². The van der Waals surface area contributed by atoms with E-state index in [0.717, 1.165) is 31.0 Å². The molecule has 1 fully saturated rings. The molecular weight excluding hydrogens is 420 g/mol. The molecule has 0 aliphatic carbocycles. The molecule has 5 rings (SSSR count). The number of rotatable bonds is 8. The first-order valence-electron chi connectivity index (χ1n) is 11.4. The SMILES string of the molecule is COCCNc1ccc2c(=O)c(C(=O)NCCN3CCCC3)cn3c2c1Oc1ccccc1-3. The van der Waals surface area contributed by atoms with Crippen LogP contribution in [0.2, 0.25) is 0 Å². The van der Waals surface area contributed by atoms with Gasteiger partial charge in [0, 0.05) is 32.9 Å². The van der Waals surface area contributed by atoms with Crippen molar-refractivity contribution in [1.29, 1.82) is 0 Å². The summed E-state index contributed by atoms with van der Waals surface area (Å²) < 4.78 is 13.2. The lowest BCUT2D eigenvalue weighted by Gasteiger charge is -2.25. The Kier molecular flexibility index (Phi) is 6.02. The maximum atomic E-state index is 13.3. The van der Waals surface area contributed by atoms with Gasteiger partial charge in [-0.2, -0.15) is 0 Å². The zero-order chi connectivity index (χ0) is 22.8. The number of para-hydroxylation sites is 2. The zero-order valence-corrected chi connectivity index (χ0v) is 18.7. The average Bonchev–Trinajstić information content (AvgIpc) is 3.35. The maximum Gasteiger partial charge on any atom is 0.256 e. The molecule has 0 atom stereocenters. The smallest absolute Gasteiger partial charge is 0.256 e. The van der Waals surface area contributed by atoms with Gasteiger partial charge in [0.1, 0.15) is 11.1 Å². The third kappa shape index (κ3) is 4.07. The Balaban J connectivity index is 1.54. The largest absolute Gasteiger partial charge is 0.451 e. The van der Waals surface area contributed by atoms with Crippen LogP contribution in [-0.4, -0.2) is 61.8 Å². The summed E-state index contributed by atoms with van der Waals surface area (Å²) in [4.78, 5) is 28.7. The van der Waals surface area contributed by atoms with Gasteiger partial charge in [-0.3, -0.25) is 9.59 Å². The van der Waals surface area contributed by atoms with E-state index in [0.29, 0.717) is 42.1 Å². The minimum Gasteiger partial charge on any atom is -0.451 e. The minimum atomic E-state index is -0.349. The van der Waals surface area contributed by atoms with Crippen molar-refractivity contribution in [3.63, 3.8) is 0 Å². The molecular formula is C25H28N4O4. The molecule has 172 valence electrons. The van der Waals surface area contributed by atoms with Gasteiger partial charge in [0.05, 0.1) is 23.4 Å². The van der Waals surface area contributed by atoms with E-state index >= 15 is 0 Å². The zero-order valence-electron chi connectivity index (χ0n) is 18.7. The molecule has 0 unspecified atom stereocenters. The van der Waals surface area contributed by atoms with E-state index in [9.17, 15) is 9.59 Å². The standard InChI is InChI=1S/C25H28N4O4/c1-32-15-11-26-19-9-8-17-22-24(19)33-21-7-3-2-6-20(21)29(22)16-18(23(17)30)25(31)27-10-14-28-12-4-5-13-28/h2-3,6-9,16,26H,4-5,10-15H2,1H3,(H,27,31). The highest BCUT2D eigenvalue weighted by molar-refractivity contribution is 6.01. The van der Waals surface area contributed by atoms with E-state index in [2.05, 4.69) is 15.5 Å². The van der Waals surface area contributed by atoms with Crippen LogP contribution in [-0.2, 0) is 4.74 Å². The number of ether oxygens (including phenoxy) is 2. The van der Waals surface area contributed by atoms with Crippen LogP contribution in [0.4, 0.5) is 5.69 Å². The van der Waals surface area contributed by atoms with Gasteiger partial charge in [-0.25, -0.2) is 0 Å². The van der Waals surface area contributed by atoms with Crippen LogP contribution in [0.15, 0.2) is 47.4 Å². The maximum absolute atomic E-state index is 13.3. The van der Waals surface area contributed by atoms with Crippen molar-refractivity contribution < 1.29 is 14.3 Å². The van der Waals surface area contributed by atoms with Crippen molar-refractivity contribution in [1.82, 2.24) is 14.8 Å². The fraction of sp³-hybridized carbons (Fsp3) is 0.360. The Morgan fingerprint density at radius 2 is 1.94 bits per heavy atom. The van der Waals surface area contributed by atoms with Crippen LogP contribution in [0, 0.1) is 0 Å². The number of aromatic nitrogens is 1. The molecule has 1 aromatic heterocycles. The van der Waals surface area contributed by atoms with Crippen LogP contribution in [0.25, 0.3) is 16.6 Å². The van der Waals surface area contributed by atoms with Gasteiger partial charge in [-0.15, -0.1) is 0 Å². The second kappa shape index (κ2) is 9.25. The number of benzene rings is 2. The lowest BCUT2D eigenvalue weighted by atomic mass is 10.1. The summed E-state index contributed by atoms with van der Waals surface area (Å²) in [6.07, 6.45) is 4.05. The molecule has 2 aliphatic heterocycles. The van der Waals surface area contributed by atoms with Crippen molar-refractivity contribution in [3.8, 4) is 17.2 Å². The van der Waals surface area contributed by atoms with E-state index in [1.165, 1.54) is 12.8 Å². The van der Waals surface area contributed by atoms with Gasteiger partial charge in [0.25, 0.3) is 5.91 Å². The topological polar surface area (TPSA) is 84.8 Å². The number of pyridine rings is 1. The molecule has 0 bridgehead atoms. The number of amides is 1. The summed E-state index contributed by atoms with van der Waals surface area (Å²) in [7, 11) is 1.65. The first kappa shape index (κ1) is 21.5. The number of likely N-dealkylation sites (tertiary alicyclic amines) is 1. The first-order valence-corrected chi connectivity index (χ1v) is 11.4. The number of nitrogens with zero attached hydrogens (tertiary/aromatic N) is 2. The molecule has 3 aromatic rings. The summed E-state index contributed by atoms with van der Waals surface area (Å²) in [5, 5.41) is 6.69.